The minimum atomic E-state index is 0.304. The molecule has 1 aliphatic rings. The molecule has 142 valence electrons. The van der Waals surface area contributed by atoms with Crippen LogP contribution in [0.3, 0.4) is 0 Å². The molecule has 1 aliphatic carbocycles. The highest BCUT2D eigenvalue weighted by Crippen LogP contribution is 2.40. The van der Waals surface area contributed by atoms with Gasteiger partial charge >= 0.3 is 0 Å². The van der Waals surface area contributed by atoms with Crippen molar-refractivity contribution in [2.75, 3.05) is 0 Å². The van der Waals surface area contributed by atoms with Crippen LogP contribution in [0, 0.1) is 11.8 Å². The Morgan fingerprint density at radius 1 is 0.786 bits per heavy atom. The summed E-state index contributed by atoms with van der Waals surface area (Å²) in [4.78, 5) is 8.24. The zero-order chi connectivity index (χ0) is 19.5. The monoisotopic (exact) mass is 370 g/mol. The van der Waals surface area contributed by atoms with Gasteiger partial charge in [-0.2, -0.15) is 0 Å². The molecule has 3 nitrogen and oxygen atoms in total. The summed E-state index contributed by atoms with van der Waals surface area (Å²) in [6.45, 7) is 4.70. The van der Waals surface area contributed by atoms with E-state index in [4.69, 9.17) is 0 Å². The summed E-state index contributed by atoms with van der Waals surface area (Å²) in [6.07, 6.45) is 8.79. The van der Waals surface area contributed by atoms with Crippen molar-refractivity contribution >= 4 is 5.57 Å². The van der Waals surface area contributed by atoms with Crippen molar-refractivity contribution in [3.05, 3.63) is 84.0 Å². The molecule has 3 aromatic rings. The summed E-state index contributed by atoms with van der Waals surface area (Å²) in [5.41, 5.74) is 7.37. The van der Waals surface area contributed by atoms with Gasteiger partial charge in [0.2, 0.25) is 0 Å². The van der Waals surface area contributed by atoms with Crippen molar-refractivity contribution in [1.29, 1.82) is 0 Å². The van der Waals surface area contributed by atoms with Gasteiger partial charge < -0.3 is 5.11 Å². The Morgan fingerprint density at radius 3 is 1.89 bits per heavy atom. The van der Waals surface area contributed by atoms with Crippen LogP contribution in [-0.4, -0.2) is 15.1 Å². The summed E-state index contributed by atoms with van der Waals surface area (Å²) in [6, 6.07) is 16.3. The molecule has 3 heteroatoms. The molecule has 2 aromatic carbocycles. The minimum Gasteiger partial charge on any atom is -0.508 e. The van der Waals surface area contributed by atoms with Gasteiger partial charge in [0.15, 0.2) is 0 Å². The van der Waals surface area contributed by atoms with Gasteiger partial charge in [0.1, 0.15) is 12.1 Å². The highest BCUT2D eigenvalue weighted by atomic mass is 16.3. The van der Waals surface area contributed by atoms with Crippen molar-refractivity contribution in [3.8, 4) is 16.9 Å². The molecule has 1 heterocycles. The van der Waals surface area contributed by atoms with Crippen molar-refractivity contribution in [1.82, 2.24) is 9.97 Å². The zero-order valence-electron chi connectivity index (χ0n) is 16.5. The lowest BCUT2D eigenvalue weighted by molar-refractivity contribution is 0.359. The molecule has 28 heavy (non-hydrogen) atoms. The van der Waals surface area contributed by atoms with Crippen molar-refractivity contribution < 1.29 is 5.11 Å². The molecule has 1 aromatic heterocycles. The van der Waals surface area contributed by atoms with Gasteiger partial charge in [-0.3, -0.25) is 0 Å². The lowest BCUT2D eigenvalue weighted by Crippen LogP contribution is -2.14. The van der Waals surface area contributed by atoms with Gasteiger partial charge in [0, 0.05) is 18.0 Å². The molecule has 1 N–H and O–H groups in total. The molecular formula is C25H26N2O. The third-order valence-electron chi connectivity index (χ3n) is 5.57. The van der Waals surface area contributed by atoms with Crippen LogP contribution in [0.15, 0.2) is 72.8 Å². The largest absolute Gasteiger partial charge is 0.508 e. The number of phenols is 1. The maximum Gasteiger partial charge on any atom is 0.115 e. The van der Waals surface area contributed by atoms with Gasteiger partial charge in [-0.15, -0.1) is 0 Å². The maximum absolute atomic E-state index is 9.74. The van der Waals surface area contributed by atoms with Crippen LogP contribution in [0.2, 0.25) is 0 Å². The molecule has 0 aliphatic heterocycles. The van der Waals surface area contributed by atoms with E-state index in [1.807, 2.05) is 24.5 Å². The van der Waals surface area contributed by atoms with Crippen LogP contribution >= 0.6 is 0 Å². The number of aromatic hydroxyl groups is 1. The van der Waals surface area contributed by atoms with E-state index >= 15 is 0 Å². The number of benzene rings is 2. The van der Waals surface area contributed by atoms with E-state index in [0.717, 1.165) is 24.0 Å². The van der Waals surface area contributed by atoms with Gasteiger partial charge in [-0.05, 0) is 65.5 Å². The summed E-state index contributed by atoms with van der Waals surface area (Å²) in [5, 5.41) is 9.74. The second kappa shape index (κ2) is 7.97. The van der Waals surface area contributed by atoms with Crippen molar-refractivity contribution in [2.24, 2.45) is 11.8 Å². The Balaban J connectivity index is 1.78. The van der Waals surface area contributed by atoms with Crippen LogP contribution < -0.4 is 0 Å². The fraction of sp³-hybridized carbons (Fsp3) is 0.280. The average Bonchev–Trinajstić information content (AvgIpc) is 2.70. The smallest absolute Gasteiger partial charge is 0.115 e. The van der Waals surface area contributed by atoms with E-state index in [1.54, 1.807) is 18.5 Å². The lowest BCUT2D eigenvalue weighted by Gasteiger charge is -2.29. The highest BCUT2D eigenvalue weighted by Gasteiger charge is 2.23. The number of nitrogens with zero attached hydrogens (tertiary/aromatic N) is 2. The molecule has 4 rings (SSSR count). The summed E-state index contributed by atoms with van der Waals surface area (Å²) in [5.74, 6) is 1.70. The fourth-order valence-electron chi connectivity index (χ4n) is 4.46. The van der Waals surface area contributed by atoms with Gasteiger partial charge in [0.05, 0.1) is 0 Å². The topological polar surface area (TPSA) is 46.0 Å². The average molecular weight is 370 g/mol. The number of phenolic OH excluding ortho intramolecular Hbond substituents is 1. The first-order valence-corrected chi connectivity index (χ1v) is 9.97. The maximum atomic E-state index is 9.74. The molecule has 0 saturated heterocycles. The molecule has 0 spiro atoms. The zero-order valence-corrected chi connectivity index (χ0v) is 16.5. The Hall–Kier alpha value is -2.94. The van der Waals surface area contributed by atoms with E-state index in [9.17, 15) is 5.11 Å². The molecule has 2 unspecified atom stereocenters. The highest BCUT2D eigenvalue weighted by molar-refractivity contribution is 5.83. The SMILES string of the molecule is CC1CC(=C(c2ccc(O)cc2)c2ccc(-c3cncnc3)cc2)CC(C)C1. The molecular weight excluding hydrogens is 344 g/mol. The van der Waals surface area contributed by atoms with Crippen LogP contribution in [0.1, 0.15) is 44.2 Å². The number of rotatable bonds is 3. The number of aromatic nitrogens is 2. The second-order valence-electron chi connectivity index (χ2n) is 8.08. The van der Waals surface area contributed by atoms with E-state index in [2.05, 4.69) is 48.1 Å². The minimum absolute atomic E-state index is 0.304. The third kappa shape index (κ3) is 3.99. The van der Waals surface area contributed by atoms with Crippen LogP contribution in [-0.2, 0) is 0 Å². The Kier molecular flexibility index (Phi) is 5.25. The Morgan fingerprint density at radius 2 is 1.32 bits per heavy atom. The van der Waals surface area contributed by atoms with Crippen molar-refractivity contribution in [2.45, 2.75) is 33.1 Å². The normalized spacial score (nSPS) is 19.4. The fourth-order valence-corrected chi connectivity index (χ4v) is 4.46. The number of hydrogen-bond acceptors (Lipinski definition) is 3. The Bertz CT molecular complexity index is 948. The molecule has 0 amide bonds. The second-order valence-corrected chi connectivity index (χ2v) is 8.08. The van der Waals surface area contributed by atoms with Gasteiger partial charge in [-0.1, -0.05) is 55.8 Å². The van der Waals surface area contributed by atoms with E-state index < -0.39 is 0 Å². The molecule has 0 radical (unpaired) electrons. The first kappa shape index (κ1) is 18.4. The third-order valence-corrected chi connectivity index (χ3v) is 5.57. The van der Waals surface area contributed by atoms with E-state index in [1.165, 1.54) is 28.7 Å². The van der Waals surface area contributed by atoms with Crippen LogP contribution in [0.4, 0.5) is 0 Å². The summed E-state index contributed by atoms with van der Waals surface area (Å²) in [7, 11) is 0. The van der Waals surface area contributed by atoms with Crippen molar-refractivity contribution in [3.63, 3.8) is 0 Å². The first-order valence-electron chi connectivity index (χ1n) is 9.97. The summed E-state index contributed by atoms with van der Waals surface area (Å²) >= 11 is 0. The standard InChI is InChI=1S/C25H26N2O/c1-17-11-18(2)13-22(12-17)25(21-7-9-24(28)10-8-21)20-5-3-19(4-6-20)23-14-26-16-27-15-23/h3-10,14-18,28H,11-13H2,1-2H3. The first-order chi connectivity index (χ1) is 13.6. The van der Waals surface area contributed by atoms with Gasteiger partial charge in [0.25, 0.3) is 0 Å². The molecule has 0 bridgehead atoms. The number of allylic oxidation sites excluding steroid dienone is 1. The quantitative estimate of drug-likeness (QED) is 0.605. The summed E-state index contributed by atoms with van der Waals surface area (Å²) < 4.78 is 0. The molecule has 2 atom stereocenters. The van der Waals surface area contributed by atoms with Crippen LogP contribution in [0.5, 0.6) is 5.75 Å². The van der Waals surface area contributed by atoms with Crippen LogP contribution in [0.25, 0.3) is 16.7 Å². The molecule has 1 saturated carbocycles. The predicted molar refractivity (Wildman–Crippen MR) is 114 cm³/mol. The van der Waals surface area contributed by atoms with E-state index in [-0.39, 0.29) is 0 Å². The number of hydrogen-bond donors (Lipinski definition) is 1. The van der Waals surface area contributed by atoms with Gasteiger partial charge in [-0.25, -0.2) is 9.97 Å². The Labute approximate surface area is 166 Å². The van der Waals surface area contributed by atoms with E-state index in [0.29, 0.717) is 17.6 Å². The predicted octanol–water partition coefficient (Wildman–Crippen LogP) is 6.11. The lowest BCUT2D eigenvalue weighted by atomic mass is 9.76. The molecule has 1 fully saturated rings.